The van der Waals surface area contributed by atoms with Gasteiger partial charge in [0.1, 0.15) is 5.78 Å². The van der Waals surface area contributed by atoms with Gasteiger partial charge < -0.3 is 0 Å². The molecule has 0 fully saturated rings. The highest BCUT2D eigenvalue weighted by atomic mass is 32.2. The van der Waals surface area contributed by atoms with Crippen LogP contribution in [0.1, 0.15) is 41.5 Å². The van der Waals surface area contributed by atoms with Crippen molar-refractivity contribution in [1.82, 2.24) is 0 Å². The highest BCUT2D eigenvalue weighted by molar-refractivity contribution is 7.93. The van der Waals surface area contributed by atoms with Crippen molar-refractivity contribution >= 4 is 27.2 Å². The van der Waals surface area contributed by atoms with Crippen molar-refractivity contribution in [3.63, 3.8) is 0 Å². The Labute approximate surface area is 188 Å². The quantitative estimate of drug-likeness (QED) is 0.545. The molecule has 0 amide bonds. The second kappa shape index (κ2) is 8.45. The Morgan fingerprint density at radius 2 is 1.66 bits per heavy atom. The molecule has 1 aliphatic heterocycles. The van der Waals surface area contributed by atoms with Gasteiger partial charge in [-0.15, -0.1) is 0 Å². The van der Waals surface area contributed by atoms with Gasteiger partial charge in [0.25, 0.3) is 10.0 Å². The van der Waals surface area contributed by atoms with Crippen LogP contribution in [-0.4, -0.2) is 14.2 Å². The van der Waals surface area contributed by atoms with Gasteiger partial charge in [-0.25, -0.2) is 12.7 Å². The number of nitrogens with zero attached hydrogens (tertiary/aromatic N) is 2. The fourth-order valence-electron chi connectivity index (χ4n) is 3.95. The van der Waals surface area contributed by atoms with Gasteiger partial charge in [-0.2, -0.15) is 5.26 Å². The largest absolute Gasteiger partial charge is 0.300 e. The number of rotatable bonds is 5. The maximum atomic E-state index is 13.9. The molecular formula is C26H22N2O3S. The van der Waals surface area contributed by atoms with E-state index in [0.29, 0.717) is 22.5 Å². The average molecular weight is 443 g/mol. The highest BCUT2D eigenvalue weighted by Gasteiger charge is 2.35. The van der Waals surface area contributed by atoms with Crippen LogP contribution in [0.3, 0.4) is 0 Å². The van der Waals surface area contributed by atoms with Crippen LogP contribution in [0.4, 0.5) is 5.69 Å². The summed E-state index contributed by atoms with van der Waals surface area (Å²) >= 11 is 0. The van der Waals surface area contributed by atoms with E-state index in [1.807, 2.05) is 25.1 Å². The SMILES string of the molecule is CC(=O)C[C@@H]1C=C(c2ccc(C#N)cc2)N(S(=O)(=O)c2ccc(C)cc2)c2ccccc21. The van der Waals surface area contributed by atoms with E-state index in [9.17, 15) is 13.2 Å². The standard InChI is InChI=1S/C26H22N2O3S/c1-18-7-13-23(14-8-18)32(30,31)28-25-6-4-3-5-24(25)22(15-19(2)29)16-26(28)21-11-9-20(17-27)10-12-21/h3-14,16,22H,15H2,1-2H3/t22-/m1/s1. The Morgan fingerprint density at radius 1 is 1.00 bits per heavy atom. The van der Waals surface area contributed by atoms with Gasteiger partial charge in [-0.05, 0) is 55.3 Å². The normalized spacial score (nSPS) is 15.5. The zero-order valence-electron chi connectivity index (χ0n) is 17.8. The first-order valence-corrected chi connectivity index (χ1v) is 11.7. The zero-order chi connectivity index (χ0) is 22.9. The molecule has 1 heterocycles. The van der Waals surface area contributed by atoms with Gasteiger partial charge in [0.2, 0.25) is 0 Å². The third-order valence-corrected chi connectivity index (χ3v) is 7.25. The Morgan fingerprint density at radius 3 is 2.28 bits per heavy atom. The van der Waals surface area contributed by atoms with Crippen molar-refractivity contribution in [2.45, 2.75) is 31.1 Å². The van der Waals surface area contributed by atoms with Crippen LogP contribution >= 0.6 is 0 Å². The number of carbonyl (C=O) groups excluding carboxylic acids is 1. The minimum Gasteiger partial charge on any atom is -0.300 e. The lowest BCUT2D eigenvalue weighted by atomic mass is 9.88. The monoisotopic (exact) mass is 442 g/mol. The van der Waals surface area contributed by atoms with Crippen LogP contribution in [0.2, 0.25) is 0 Å². The molecule has 0 bridgehead atoms. The summed E-state index contributed by atoms with van der Waals surface area (Å²) in [6, 6.07) is 22.9. The van der Waals surface area contributed by atoms with E-state index in [4.69, 9.17) is 5.26 Å². The smallest absolute Gasteiger partial charge is 0.268 e. The number of benzene rings is 3. The van der Waals surface area contributed by atoms with Gasteiger partial charge in [0, 0.05) is 12.3 Å². The van der Waals surface area contributed by atoms with Crippen molar-refractivity contribution in [2.24, 2.45) is 0 Å². The maximum Gasteiger partial charge on any atom is 0.268 e. The molecule has 1 atom stereocenters. The molecule has 5 nitrogen and oxygen atoms in total. The van der Waals surface area contributed by atoms with Gasteiger partial charge >= 0.3 is 0 Å². The topological polar surface area (TPSA) is 78.2 Å². The van der Waals surface area contributed by atoms with Gasteiger partial charge in [-0.3, -0.25) is 4.79 Å². The van der Waals surface area contributed by atoms with Crippen LogP contribution in [-0.2, 0) is 14.8 Å². The second-order valence-corrected chi connectivity index (χ2v) is 9.68. The predicted molar refractivity (Wildman–Crippen MR) is 124 cm³/mol. The van der Waals surface area contributed by atoms with Crippen LogP contribution in [0.25, 0.3) is 5.70 Å². The molecule has 4 rings (SSSR count). The summed E-state index contributed by atoms with van der Waals surface area (Å²) in [6.07, 6.45) is 2.12. The van der Waals surface area contributed by atoms with Crippen LogP contribution in [0.5, 0.6) is 0 Å². The molecule has 3 aromatic rings. The van der Waals surface area contributed by atoms with Gasteiger partial charge in [0.05, 0.1) is 27.9 Å². The number of hydrogen-bond donors (Lipinski definition) is 0. The molecule has 0 spiro atoms. The van der Waals surface area contributed by atoms with Crippen LogP contribution in [0.15, 0.2) is 83.8 Å². The number of carbonyl (C=O) groups is 1. The van der Waals surface area contributed by atoms with E-state index < -0.39 is 10.0 Å². The summed E-state index contributed by atoms with van der Waals surface area (Å²) in [7, 11) is -3.94. The van der Waals surface area contributed by atoms with Gasteiger partial charge in [0.15, 0.2) is 0 Å². The number of ketones is 1. The number of para-hydroxylation sites is 1. The molecule has 0 radical (unpaired) electrons. The van der Waals surface area contributed by atoms with Crippen LogP contribution in [0, 0.1) is 18.3 Å². The molecule has 0 aromatic heterocycles. The first-order valence-electron chi connectivity index (χ1n) is 10.2. The third kappa shape index (κ3) is 3.95. The number of nitriles is 1. The first kappa shape index (κ1) is 21.5. The lowest BCUT2D eigenvalue weighted by Crippen LogP contribution is -2.33. The number of sulfonamides is 1. The number of aryl methyl sites for hydroxylation is 1. The molecular weight excluding hydrogens is 420 g/mol. The molecule has 0 N–H and O–H groups in total. The Kier molecular flexibility index (Phi) is 5.68. The van der Waals surface area contributed by atoms with Crippen molar-refractivity contribution < 1.29 is 13.2 Å². The van der Waals surface area contributed by atoms with Crippen molar-refractivity contribution in [1.29, 1.82) is 5.26 Å². The molecule has 160 valence electrons. The summed E-state index contributed by atoms with van der Waals surface area (Å²) < 4.78 is 29.1. The molecule has 0 aliphatic carbocycles. The van der Waals surface area contributed by atoms with E-state index in [1.54, 1.807) is 60.7 Å². The van der Waals surface area contributed by atoms with Crippen LogP contribution < -0.4 is 4.31 Å². The highest BCUT2D eigenvalue weighted by Crippen LogP contribution is 2.44. The number of Topliss-reactive ketones (excluding diaryl/α,β-unsaturated/α-hetero) is 1. The summed E-state index contributed by atoms with van der Waals surface area (Å²) in [6.45, 7) is 3.44. The number of anilines is 1. The van der Waals surface area contributed by atoms with E-state index in [1.165, 1.54) is 11.2 Å². The second-order valence-electron chi connectivity index (χ2n) is 7.90. The molecule has 6 heteroatoms. The summed E-state index contributed by atoms with van der Waals surface area (Å²) in [5.41, 5.74) is 3.89. The minimum absolute atomic E-state index is 0.0232. The zero-order valence-corrected chi connectivity index (χ0v) is 18.6. The van der Waals surface area contributed by atoms with Crippen molar-refractivity contribution in [2.75, 3.05) is 4.31 Å². The van der Waals surface area contributed by atoms with E-state index in [2.05, 4.69) is 6.07 Å². The minimum atomic E-state index is -3.94. The Balaban J connectivity index is 1.96. The van der Waals surface area contributed by atoms with Crippen molar-refractivity contribution in [3.8, 4) is 6.07 Å². The number of allylic oxidation sites excluding steroid dienone is 1. The summed E-state index contributed by atoms with van der Waals surface area (Å²) in [4.78, 5) is 12.2. The van der Waals surface area contributed by atoms with Crippen molar-refractivity contribution in [3.05, 3.63) is 101 Å². The number of hydrogen-bond acceptors (Lipinski definition) is 4. The Bertz CT molecular complexity index is 1350. The third-order valence-electron chi connectivity index (χ3n) is 5.51. The fourth-order valence-corrected chi connectivity index (χ4v) is 5.49. The van der Waals surface area contributed by atoms with E-state index >= 15 is 0 Å². The van der Waals surface area contributed by atoms with E-state index in [0.717, 1.165) is 11.1 Å². The molecule has 0 saturated heterocycles. The summed E-state index contributed by atoms with van der Waals surface area (Å²) in [5.74, 6) is -0.228. The molecule has 0 saturated carbocycles. The predicted octanol–water partition coefficient (Wildman–Crippen LogP) is 5.18. The van der Waals surface area contributed by atoms with Gasteiger partial charge in [-0.1, -0.05) is 54.1 Å². The average Bonchev–Trinajstić information content (AvgIpc) is 2.78. The maximum absolute atomic E-state index is 13.9. The molecule has 1 aliphatic rings. The fraction of sp³-hybridized carbons (Fsp3) is 0.154. The Hall–Kier alpha value is -3.69. The first-order chi connectivity index (χ1) is 15.3. The van der Waals surface area contributed by atoms with E-state index in [-0.39, 0.29) is 23.0 Å². The lowest BCUT2D eigenvalue weighted by Gasteiger charge is -2.35. The number of fused-ring (bicyclic) bond motifs is 1. The lowest BCUT2D eigenvalue weighted by molar-refractivity contribution is -0.117. The molecule has 32 heavy (non-hydrogen) atoms. The summed E-state index contributed by atoms with van der Waals surface area (Å²) in [5, 5.41) is 9.15. The molecule has 0 unspecified atom stereocenters. The molecule has 3 aromatic carbocycles.